The second kappa shape index (κ2) is 9.37. The fourth-order valence-electron chi connectivity index (χ4n) is 1.93. The molecule has 0 unspecified atom stereocenters. The molecule has 0 saturated heterocycles. The molecular formula is C19H23N3O2. The van der Waals surface area contributed by atoms with Crippen molar-refractivity contribution >= 4 is 11.6 Å². The van der Waals surface area contributed by atoms with Crippen LogP contribution in [-0.4, -0.2) is 25.7 Å². The van der Waals surface area contributed by atoms with Crippen LogP contribution in [0.15, 0.2) is 71.7 Å². The molecule has 24 heavy (non-hydrogen) atoms. The lowest BCUT2D eigenvalue weighted by Gasteiger charge is -2.09. The minimum atomic E-state index is 0.339. The zero-order valence-corrected chi connectivity index (χ0v) is 13.9. The molecule has 126 valence electrons. The predicted molar refractivity (Wildman–Crippen MR) is 98.7 cm³/mol. The Labute approximate surface area is 142 Å². The number of hydrogen-bond donors (Lipinski definition) is 2. The highest BCUT2D eigenvalue weighted by Crippen LogP contribution is 2.23. The van der Waals surface area contributed by atoms with Gasteiger partial charge < -0.3 is 20.5 Å². The molecule has 0 amide bonds. The number of hydrogen-bond acceptors (Lipinski definition) is 3. The largest absolute Gasteiger partial charge is 0.457 e. The first-order valence-electron chi connectivity index (χ1n) is 7.75. The van der Waals surface area contributed by atoms with E-state index in [0.717, 1.165) is 22.8 Å². The molecule has 0 bridgehead atoms. The van der Waals surface area contributed by atoms with Gasteiger partial charge in [0, 0.05) is 11.8 Å². The lowest BCUT2D eigenvalue weighted by atomic mass is 10.3. The fraction of sp³-hybridized carbons (Fsp3) is 0.211. The number of guanidine groups is 1. The van der Waals surface area contributed by atoms with Gasteiger partial charge in [0.25, 0.3) is 0 Å². The number of nitrogens with zero attached hydrogens (tertiary/aromatic N) is 1. The molecule has 2 rings (SSSR count). The van der Waals surface area contributed by atoms with Gasteiger partial charge in [0.05, 0.1) is 19.8 Å². The first-order chi connectivity index (χ1) is 11.6. The molecule has 0 aliphatic rings. The standard InChI is InChI=1S/C19H23N3O2/c1-15(2)14-23-12-11-21-19(20)22-16-7-6-10-18(13-16)24-17-8-4-3-5-9-17/h3-10,13H,1,11-12,14H2,2H3,(H3,20,21,22). The van der Waals surface area contributed by atoms with Gasteiger partial charge in [-0.15, -0.1) is 0 Å². The molecule has 5 heteroatoms. The zero-order chi connectivity index (χ0) is 17.2. The average molecular weight is 325 g/mol. The van der Waals surface area contributed by atoms with Gasteiger partial charge in [-0.3, -0.25) is 4.99 Å². The summed E-state index contributed by atoms with van der Waals surface area (Å²) in [6.45, 7) is 7.23. The first kappa shape index (κ1) is 17.6. The fourth-order valence-corrected chi connectivity index (χ4v) is 1.93. The summed E-state index contributed by atoms with van der Waals surface area (Å²) in [7, 11) is 0. The van der Waals surface area contributed by atoms with E-state index in [9.17, 15) is 0 Å². The Morgan fingerprint density at radius 3 is 2.62 bits per heavy atom. The lowest BCUT2D eigenvalue weighted by Crippen LogP contribution is -2.23. The van der Waals surface area contributed by atoms with E-state index in [1.54, 1.807) is 0 Å². The van der Waals surface area contributed by atoms with Crippen molar-refractivity contribution in [1.82, 2.24) is 0 Å². The van der Waals surface area contributed by atoms with Crippen molar-refractivity contribution in [3.63, 3.8) is 0 Å². The molecule has 0 heterocycles. The second-order valence-corrected chi connectivity index (χ2v) is 5.34. The van der Waals surface area contributed by atoms with Crippen molar-refractivity contribution in [2.24, 2.45) is 10.7 Å². The monoisotopic (exact) mass is 325 g/mol. The zero-order valence-electron chi connectivity index (χ0n) is 13.9. The minimum Gasteiger partial charge on any atom is -0.457 e. The maximum Gasteiger partial charge on any atom is 0.193 e. The second-order valence-electron chi connectivity index (χ2n) is 5.34. The smallest absolute Gasteiger partial charge is 0.193 e. The third-order valence-corrected chi connectivity index (χ3v) is 2.95. The number of rotatable bonds is 8. The Bertz CT molecular complexity index is 684. The molecule has 3 N–H and O–H groups in total. The number of benzene rings is 2. The number of aliphatic imine (C=N–C) groups is 1. The van der Waals surface area contributed by atoms with Crippen LogP contribution >= 0.6 is 0 Å². The number of para-hydroxylation sites is 1. The summed E-state index contributed by atoms with van der Waals surface area (Å²) >= 11 is 0. The molecule has 0 saturated carbocycles. The summed E-state index contributed by atoms with van der Waals surface area (Å²) in [4.78, 5) is 4.22. The van der Waals surface area contributed by atoms with E-state index in [4.69, 9.17) is 15.2 Å². The Morgan fingerprint density at radius 1 is 1.12 bits per heavy atom. The summed E-state index contributed by atoms with van der Waals surface area (Å²) in [5.41, 5.74) is 7.67. The van der Waals surface area contributed by atoms with Crippen LogP contribution in [0.2, 0.25) is 0 Å². The van der Waals surface area contributed by atoms with Gasteiger partial charge >= 0.3 is 0 Å². The van der Waals surface area contributed by atoms with Crippen LogP contribution in [0.4, 0.5) is 5.69 Å². The molecule has 0 radical (unpaired) electrons. The molecule has 0 atom stereocenters. The van der Waals surface area contributed by atoms with Crippen LogP contribution in [0, 0.1) is 0 Å². The first-order valence-corrected chi connectivity index (χ1v) is 7.75. The summed E-state index contributed by atoms with van der Waals surface area (Å²) < 4.78 is 11.2. The summed E-state index contributed by atoms with van der Waals surface area (Å²) in [6, 6.07) is 17.2. The number of ether oxygens (including phenoxy) is 2. The number of nitrogens with two attached hydrogens (primary N) is 1. The minimum absolute atomic E-state index is 0.339. The van der Waals surface area contributed by atoms with Crippen molar-refractivity contribution in [2.75, 3.05) is 25.1 Å². The summed E-state index contributed by atoms with van der Waals surface area (Å²) in [5, 5.41) is 3.04. The molecule has 0 aliphatic carbocycles. The highest BCUT2D eigenvalue weighted by atomic mass is 16.5. The van der Waals surface area contributed by atoms with E-state index < -0.39 is 0 Å². The number of nitrogens with one attached hydrogen (secondary N) is 1. The van der Waals surface area contributed by atoms with Crippen molar-refractivity contribution in [3.8, 4) is 11.5 Å². The van der Waals surface area contributed by atoms with Crippen LogP contribution in [0.25, 0.3) is 0 Å². The molecule has 0 aromatic heterocycles. The van der Waals surface area contributed by atoms with E-state index in [2.05, 4.69) is 16.9 Å². The average Bonchev–Trinajstić information content (AvgIpc) is 2.55. The Hall–Kier alpha value is -2.79. The van der Waals surface area contributed by atoms with E-state index in [0.29, 0.717) is 25.7 Å². The van der Waals surface area contributed by atoms with Gasteiger partial charge in [0.1, 0.15) is 11.5 Å². The van der Waals surface area contributed by atoms with Crippen molar-refractivity contribution in [3.05, 3.63) is 66.7 Å². The van der Waals surface area contributed by atoms with Gasteiger partial charge in [-0.2, -0.15) is 0 Å². The predicted octanol–water partition coefficient (Wildman–Crippen LogP) is 3.80. The molecule has 0 aliphatic heterocycles. The third kappa shape index (κ3) is 6.54. The van der Waals surface area contributed by atoms with Crippen molar-refractivity contribution < 1.29 is 9.47 Å². The van der Waals surface area contributed by atoms with Crippen LogP contribution in [-0.2, 0) is 4.74 Å². The van der Waals surface area contributed by atoms with Crippen LogP contribution in [0.5, 0.6) is 11.5 Å². The molecular weight excluding hydrogens is 302 g/mol. The molecule has 2 aromatic carbocycles. The Balaban J connectivity index is 1.85. The van der Waals surface area contributed by atoms with Gasteiger partial charge in [0.15, 0.2) is 5.96 Å². The van der Waals surface area contributed by atoms with Crippen LogP contribution in [0.1, 0.15) is 6.92 Å². The topological polar surface area (TPSA) is 68.9 Å². The van der Waals surface area contributed by atoms with Crippen molar-refractivity contribution in [2.45, 2.75) is 6.92 Å². The highest BCUT2D eigenvalue weighted by Gasteiger charge is 2.00. The Kier molecular flexibility index (Phi) is 6.86. The maximum atomic E-state index is 5.88. The maximum absolute atomic E-state index is 5.88. The van der Waals surface area contributed by atoms with Crippen LogP contribution in [0.3, 0.4) is 0 Å². The quantitative estimate of drug-likeness (QED) is 0.335. The molecule has 0 spiro atoms. The summed E-state index contributed by atoms with van der Waals surface area (Å²) in [6.07, 6.45) is 0. The van der Waals surface area contributed by atoms with E-state index in [1.807, 2.05) is 61.5 Å². The van der Waals surface area contributed by atoms with Crippen molar-refractivity contribution in [1.29, 1.82) is 0 Å². The highest BCUT2D eigenvalue weighted by molar-refractivity contribution is 5.92. The molecule has 5 nitrogen and oxygen atoms in total. The SMILES string of the molecule is C=C(C)COCCN=C(N)Nc1cccc(Oc2ccccc2)c1. The normalized spacial score (nSPS) is 11.1. The molecule has 2 aromatic rings. The van der Waals surface area contributed by atoms with Gasteiger partial charge in [-0.25, -0.2) is 0 Å². The molecule has 0 fully saturated rings. The lowest BCUT2D eigenvalue weighted by molar-refractivity contribution is 0.165. The van der Waals surface area contributed by atoms with E-state index >= 15 is 0 Å². The number of anilines is 1. The van der Waals surface area contributed by atoms with Gasteiger partial charge in [-0.1, -0.05) is 36.4 Å². The van der Waals surface area contributed by atoms with Gasteiger partial charge in [-0.05, 0) is 31.2 Å². The third-order valence-electron chi connectivity index (χ3n) is 2.95. The Morgan fingerprint density at radius 2 is 1.88 bits per heavy atom. The van der Waals surface area contributed by atoms with Crippen LogP contribution < -0.4 is 15.8 Å². The van der Waals surface area contributed by atoms with E-state index in [1.165, 1.54) is 0 Å². The summed E-state index contributed by atoms with van der Waals surface area (Å²) in [5.74, 6) is 1.85. The van der Waals surface area contributed by atoms with E-state index in [-0.39, 0.29) is 0 Å². The van der Waals surface area contributed by atoms with Gasteiger partial charge in [0.2, 0.25) is 0 Å².